The molecule has 0 aromatic carbocycles. The highest BCUT2D eigenvalue weighted by Crippen LogP contribution is 2.71. The summed E-state index contributed by atoms with van der Waals surface area (Å²) >= 11 is 0. The molecule has 4 aliphatic carbocycles. The van der Waals surface area contributed by atoms with Gasteiger partial charge in [-0.25, -0.2) is 18.4 Å². The number of fused-ring (bicyclic) bond motifs is 5. The van der Waals surface area contributed by atoms with Crippen LogP contribution in [-0.4, -0.2) is 66.2 Å². The number of aliphatic hydroxyl groups excluding tert-OH is 1. The number of esters is 2. The molecule has 7 nitrogen and oxygen atoms in total. The van der Waals surface area contributed by atoms with Crippen molar-refractivity contribution in [3.8, 4) is 0 Å². The summed E-state index contributed by atoms with van der Waals surface area (Å²) in [6.45, 7) is 5.39. The number of methoxy groups -OCH3 is 1. The van der Waals surface area contributed by atoms with Crippen LogP contribution in [0, 0.1) is 28.6 Å². The number of carbonyl (C=O) groups is 3. The van der Waals surface area contributed by atoms with Crippen LogP contribution in [0.4, 0.5) is 8.78 Å². The van der Waals surface area contributed by atoms with Gasteiger partial charge >= 0.3 is 11.9 Å². The molecule has 0 spiro atoms. The molecular weight excluding hydrogens is 474 g/mol. The molecule has 0 aromatic rings. The minimum atomic E-state index is -2.28. The number of ether oxygens (including phenoxy) is 3. The zero-order chi connectivity index (χ0) is 26.3. The largest absolute Gasteiger partial charge is 0.466 e. The Hall–Kier alpha value is -2.13. The maximum absolute atomic E-state index is 17.3. The van der Waals surface area contributed by atoms with E-state index >= 15 is 8.78 Å². The number of rotatable bonds is 3. The van der Waals surface area contributed by atoms with E-state index in [0.717, 1.165) is 6.08 Å². The molecule has 2 unspecified atom stereocenters. The number of hydrogen-bond donors (Lipinski definition) is 1. The van der Waals surface area contributed by atoms with Gasteiger partial charge in [-0.1, -0.05) is 19.9 Å². The van der Waals surface area contributed by atoms with Gasteiger partial charge in [-0.2, -0.15) is 0 Å². The summed E-state index contributed by atoms with van der Waals surface area (Å²) in [7, 11) is 1.20. The van der Waals surface area contributed by atoms with E-state index in [1.54, 1.807) is 13.8 Å². The zero-order valence-electron chi connectivity index (χ0n) is 21.1. The van der Waals surface area contributed by atoms with Crippen molar-refractivity contribution in [2.45, 2.75) is 82.5 Å². The molecular formula is C27H34F2O7. The van der Waals surface area contributed by atoms with E-state index in [1.165, 1.54) is 26.2 Å². The maximum Gasteiger partial charge on any atom is 0.351 e. The molecule has 5 aliphatic rings. The van der Waals surface area contributed by atoms with Crippen molar-refractivity contribution in [2.75, 3.05) is 13.7 Å². The highest BCUT2D eigenvalue weighted by atomic mass is 19.1. The Morgan fingerprint density at radius 2 is 1.94 bits per heavy atom. The van der Waals surface area contributed by atoms with Gasteiger partial charge in [0.05, 0.1) is 13.2 Å². The normalized spacial score (nSPS) is 49.5. The van der Waals surface area contributed by atoms with Gasteiger partial charge in [-0.05, 0) is 62.7 Å². The third-order valence-electron chi connectivity index (χ3n) is 10.1. The average Bonchev–Trinajstić information content (AvgIpc) is 3.44. The van der Waals surface area contributed by atoms with E-state index < -0.39 is 76.0 Å². The van der Waals surface area contributed by atoms with E-state index in [4.69, 9.17) is 14.2 Å². The Kier molecular flexibility index (Phi) is 5.80. The lowest BCUT2D eigenvalue weighted by Crippen LogP contribution is -2.71. The lowest BCUT2D eigenvalue weighted by molar-refractivity contribution is -0.240. The van der Waals surface area contributed by atoms with Crippen molar-refractivity contribution in [1.29, 1.82) is 0 Å². The first-order valence-corrected chi connectivity index (χ1v) is 12.8. The Morgan fingerprint density at radius 3 is 2.58 bits per heavy atom. The summed E-state index contributed by atoms with van der Waals surface area (Å²) in [5.41, 5.74) is -6.80. The number of ketones is 1. The highest BCUT2D eigenvalue weighted by Gasteiger charge is 2.78. The minimum Gasteiger partial charge on any atom is -0.466 e. The van der Waals surface area contributed by atoms with Crippen LogP contribution in [0.1, 0.15) is 52.9 Å². The van der Waals surface area contributed by atoms with Crippen molar-refractivity contribution < 1.29 is 42.5 Å². The Morgan fingerprint density at radius 1 is 1.22 bits per heavy atom. The molecule has 1 heterocycles. The van der Waals surface area contributed by atoms with Gasteiger partial charge in [-0.15, -0.1) is 0 Å². The number of aliphatic hydroxyl groups is 1. The fourth-order valence-corrected chi connectivity index (χ4v) is 8.36. The first-order chi connectivity index (χ1) is 16.9. The van der Waals surface area contributed by atoms with Gasteiger partial charge < -0.3 is 19.3 Å². The molecule has 1 saturated heterocycles. The van der Waals surface area contributed by atoms with Crippen LogP contribution in [0.2, 0.25) is 0 Å². The second-order valence-electron chi connectivity index (χ2n) is 11.6. The lowest BCUT2D eigenvalue weighted by Gasteiger charge is -2.63. The molecule has 9 heteroatoms. The predicted octanol–water partition coefficient (Wildman–Crippen LogP) is 3.19. The molecule has 0 aromatic heterocycles. The summed E-state index contributed by atoms with van der Waals surface area (Å²) in [6, 6.07) is 0. The van der Waals surface area contributed by atoms with Crippen LogP contribution in [-0.2, 0) is 28.6 Å². The first-order valence-electron chi connectivity index (χ1n) is 12.8. The molecule has 0 bridgehead atoms. The summed E-state index contributed by atoms with van der Waals surface area (Å²) in [4.78, 5) is 38.6. The van der Waals surface area contributed by atoms with Crippen LogP contribution in [0.5, 0.6) is 0 Å². The smallest absolute Gasteiger partial charge is 0.351 e. The van der Waals surface area contributed by atoms with E-state index in [1.807, 2.05) is 0 Å². The van der Waals surface area contributed by atoms with Crippen LogP contribution < -0.4 is 0 Å². The second kappa shape index (κ2) is 8.18. The summed E-state index contributed by atoms with van der Waals surface area (Å²) < 4.78 is 49.6. The van der Waals surface area contributed by atoms with Crippen molar-refractivity contribution >= 4 is 17.7 Å². The minimum absolute atomic E-state index is 0.0338. The van der Waals surface area contributed by atoms with Gasteiger partial charge in [0.2, 0.25) is 5.60 Å². The topological polar surface area (TPSA) is 99.1 Å². The average molecular weight is 509 g/mol. The Bertz CT molecular complexity index is 1050. The van der Waals surface area contributed by atoms with Gasteiger partial charge in [0.1, 0.15) is 6.17 Å². The molecule has 1 aliphatic heterocycles. The summed E-state index contributed by atoms with van der Waals surface area (Å²) in [5, 5.41) is 11.5. The number of alkyl halides is 2. The first kappa shape index (κ1) is 25.5. The number of hydrogen-bond acceptors (Lipinski definition) is 7. The highest BCUT2D eigenvalue weighted by molar-refractivity contribution is 6.01. The van der Waals surface area contributed by atoms with E-state index in [-0.39, 0.29) is 24.8 Å². The fraction of sp³-hybridized carbons (Fsp3) is 0.741. The van der Waals surface area contributed by atoms with Crippen molar-refractivity contribution in [3.63, 3.8) is 0 Å². The van der Waals surface area contributed by atoms with Crippen LogP contribution in [0.3, 0.4) is 0 Å². The Balaban J connectivity index is 1.61. The third-order valence-corrected chi connectivity index (χ3v) is 10.1. The SMILES string of the molecule is COC(=O)[C@@]1(OC(=O)[C@H]2CCCO2)[C@H](C)CC2C3C[C@H](F)C4=CC(=O)C=C[C@]4(C)[C@@]3(F)[C@@H](O)C[C@@]21C. The van der Waals surface area contributed by atoms with E-state index in [9.17, 15) is 19.5 Å². The van der Waals surface area contributed by atoms with Crippen molar-refractivity contribution in [2.24, 2.45) is 28.6 Å². The summed E-state index contributed by atoms with van der Waals surface area (Å²) in [6.07, 6.45) is 0.697. The van der Waals surface area contributed by atoms with Gasteiger partial charge in [-0.3, -0.25) is 4.79 Å². The molecule has 4 fully saturated rings. The number of allylic oxidation sites excluding steroid dienone is 4. The number of halogens is 2. The van der Waals surface area contributed by atoms with Crippen molar-refractivity contribution in [1.82, 2.24) is 0 Å². The van der Waals surface area contributed by atoms with Crippen LogP contribution in [0.25, 0.3) is 0 Å². The predicted molar refractivity (Wildman–Crippen MR) is 123 cm³/mol. The third kappa shape index (κ3) is 2.98. The molecule has 3 saturated carbocycles. The standard InChI is InChI=1S/C27H34F2O7/c1-14-10-16-17-12-19(28)18-11-15(30)7-8-24(18,2)26(17,29)21(31)13-25(16,3)27(14,23(33)34-4)36-22(32)20-6-5-9-35-20/h7-8,11,14,16-17,19-21,31H,5-6,9-10,12-13H2,1-4H3/t14-,16?,17?,19+,20-,21+,24+,25+,26+,27+/m1/s1. The molecule has 0 amide bonds. The van der Waals surface area contributed by atoms with Gasteiger partial charge in [0.25, 0.3) is 0 Å². The molecule has 0 radical (unpaired) electrons. The monoisotopic (exact) mass is 508 g/mol. The van der Waals surface area contributed by atoms with Gasteiger partial charge in [0, 0.05) is 29.3 Å². The molecule has 5 rings (SSSR count). The lowest BCUT2D eigenvalue weighted by atomic mass is 9.44. The molecule has 198 valence electrons. The second-order valence-corrected chi connectivity index (χ2v) is 11.6. The number of carbonyl (C=O) groups excluding carboxylic acids is 3. The molecule has 36 heavy (non-hydrogen) atoms. The summed E-state index contributed by atoms with van der Waals surface area (Å²) in [5.74, 6) is -4.03. The maximum atomic E-state index is 17.3. The Labute approximate surface area is 209 Å². The van der Waals surface area contributed by atoms with E-state index in [0.29, 0.717) is 19.4 Å². The molecule has 10 atom stereocenters. The van der Waals surface area contributed by atoms with Crippen LogP contribution >= 0.6 is 0 Å². The fourth-order valence-electron chi connectivity index (χ4n) is 8.36. The quantitative estimate of drug-likeness (QED) is 0.585. The molecule has 1 N–H and O–H groups in total. The zero-order valence-corrected chi connectivity index (χ0v) is 21.1. The van der Waals surface area contributed by atoms with E-state index in [2.05, 4.69) is 0 Å². The van der Waals surface area contributed by atoms with Crippen molar-refractivity contribution in [3.05, 3.63) is 23.8 Å². The van der Waals surface area contributed by atoms with Gasteiger partial charge in [0.15, 0.2) is 17.6 Å². The van der Waals surface area contributed by atoms with Crippen LogP contribution in [0.15, 0.2) is 23.8 Å².